The molecule has 0 unspecified atom stereocenters. The van der Waals surface area contributed by atoms with Crippen molar-refractivity contribution in [2.24, 2.45) is 0 Å². The number of nitrogens with zero attached hydrogens (tertiary/aromatic N) is 1. The van der Waals surface area contributed by atoms with Crippen molar-refractivity contribution in [2.75, 3.05) is 34.4 Å². The first-order valence-corrected chi connectivity index (χ1v) is 6.57. The van der Waals surface area contributed by atoms with Crippen molar-refractivity contribution in [3.05, 3.63) is 24.3 Å². The molecule has 0 bridgehead atoms. The second-order valence-electron chi connectivity index (χ2n) is 5.42. The first-order chi connectivity index (χ1) is 9.36. The molecule has 0 spiro atoms. The Balaban J connectivity index is 2.44. The van der Waals surface area contributed by atoms with Gasteiger partial charge in [-0.2, -0.15) is 0 Å². The van der Waals surface area contributed by atoms with E-state index >= 15 is 0 Å². The minimum atomic E-state index is -0.147. The van der Waals surface area contributed by atoms with Crippen LogP contribution in [0.15, 0.2) is 24.3 Å². The lowest BCUT2D eigenvalue weighted by Gasteiger charge is -2.32. The summed E-state index contributed by atoms with van der Waals surface area (Å²) in [6, 6.07) is 7.26. The summed E-state index contributed by atoms with van der Waals surface area (Å²) in [5.74, 6) is 1.04. The van der Waals surface area contributed by atoms with Crippen LogP contribution in [0.2, 0.25) is 0 Å². The number of ether oxygens (including phenoxy) is 2. The lowest BCUT2D eigenvalue weighted by atomic mass is 10.0. The van der Waals surface area contributed by atoms with E-state index in [1.807, 2.05) is 26.2 Å². The van der Waals surface area contributed by atoms with Crippen LogP contribution in [0.1, 0.15) is 13.8 Å². The molecule has 112 valence electrons. The quantitative estimate of drug-likeness (QED) is 0.823. The van der Waals surface area contributed by atoms with Crippen molar-refractivity contribution in [1.82, 2.24) is 10.2 Å². The lowest BCUT2D eigenvalue weighted by Crippen LogP contribution is -2.48. The molecule has 0 fully saturated rings. The van der Waals surface area contributed by atoms with E-state index in [4.69, 9.17) is 9.47 Å². The maximum Gasteiger partial charge on any atom is 0.258 e. The third-order valence-corrected chi connectivity index (χ3v) is 3.36. The van der Waals surface area contributed by atoms with Gasteiger partial charge in [0.2, 0.25) is 0 Å². The highest BCUT2D eigenvalue weighted by Crippen LogP contribution is 2.25. The molecule has 5 nitrogen and oxygen atoms in total. The Morgan fingerprint density at radius 3 is 2.40 bits per heavy atom. The highest BCUT2D eigenvalue weighted by Gasteiger charge is 2.21. The van der Waals surface area contributed by atoms with Crippen LogP contribution >= 0.6 is 0 Å². The van der Waals surface area contributed by atoms with Crippen LogP contribution in [-0.4, -0.2) is 50.7 Å². The molecule has 1 aromatic rings. The molecule has 0 heterocycles. The predicted octanol–water partition coefficient (Wildman–Crippen LogP) is 1.53. The fourth-order valence-electron chi connectivity index (χ4n) is 1.41. The lowest BCUT2D eigenvalue weighted by molar-refractivity contribution is -0.123. The summed E-state index contributed by atoms with van der Waals surface area (Å²) >= 11 is 0. The number of methoxy groups -OCH3 is 1. The zero-order valence-electron chi connectivity index (χ0n) is 12.9. The van der Waals surface area contributed by atoms with Crippen molar-refractivity contribution in [3.63, 3.8) is 0 Å². The predicted molar refractivity (Wildman–Crippen MR) is 79.3 cm³/mol. The molecule has 5 heteroatoms. The Morgan fingerprint density at radius 1 is 1.25 bits per heavy atom. The SMILES string of the molecule is COc1ccccc1OCC(=O)NCC(C)(C)N(C)C. The molecule has 20 heavy (non-hydrogen) atoms. The summed E-state index contributed by atoms with van der Waals surface area (Å²) < 4.78 is 10.6. The number of amides is 1. The number of hydrogen-bond acceptors (Lipinski definition) is 4. The molecule has 1 amide bonds. The second kappa shape index (κ2) is 7.14. The van der Waals surface area contributed by atoms with Gasteiger partial charge in [-0.3, -0.25) is 4.79 Å². The highest BCUT2D eigenvalue weighted by atomic mass is 16.5. The van der Waals surface area contributed by atoms with E-state index in [9.17, 15) is 4.79 Å². The molecular formula is C15H24N2O3. The van der Waals surface area contributed by atoms with Crippen molar-refractivity contribution < 1.29 is 14.3 Å². The topological polar surface area (TPSA) is 50.8 Å². The maximum absolute atomic E-state index is 11.8. The first kappa shape index (κ1) is 16.3. The van der Waals surface area contributed by atoms with E-state index in [1.54, 1.807) is 19.2 Å². The molecule has 1 rings (SSSR count). The number of rotatable bonds is 7. The molecule has 0 atom stereocenters. The molecule has 1 N–H and O–H groups in total. The van der Waals surface area contributed by atoms with Gasteiger partial charge in [0.1, 0.15) is 0 Å². The molecule has 0 aliphatic heterocycles. The number of carbonyl (C=O) groups excluding carboxylic acids is 1. The Labute approximate surface area is 120 Å². The van der Waals surface area contributed by atoms with Gasteiger partial charge in [-0.25, -0.2) is 0 Å². The summed E-state index contributed by atoms with van der Waals surface area (Å²) in [7, 11) is 5.54. The monoisotopic (exact) mass is 280 g/mol. The summed E-state index contributed by atoms with van der Waals surface area (Å²) in [5, 5.41) is 2.87. The number of para-hydroxylation sites is 2. The maximum atomic E-state index is 11.8. The van der Waals surface area contributed by atoms with Gasteiger partial charge in [-0.1, -0.05) is 12.1 Å². The van der Waals surface area contributed by atoms with Crippen molar-refractivity contribution >= 4 is 5.91 Å². The smallest absolute Gasteiger partial charge is 0.258 e. The van der Waals surface area contributed by atoms with Gasteiger partial charge in [0, 0.05) is 12.1 Å². The number of carbonyl (C=O) groups is 1. The molecule has 0 aliphatic carbocycles. The number of nitrogens with one attached hydrogen (secondary N) is 1. The van der Waals surface area contributed by atoms with Gasteiger partial charge in [-0.15, -0.1) is 0 Å². The normalized spacial score (nSPS) is 11.3. The van der Waals surface area contributed by atoms with Gasteiger partial charge in [0.25, 0.3) is 5.91 Å². The number of benzene rings is 1. The Kier molecular flexibility index (Phi) is 5.82. The fraction of sp³-hybridized carbons (Fsp3) is 0.533. The summed E-state index contributed by atoms with van der Waals surface area (Å²) in [4.78, 5) is 13.9. The molecule has 1 aromatic carbocycles. The minimum absolute atomic E-state index is 0.0239. The minimum Gasteiger partial charge on any atom is -0.493 e. The third kappa shape index (κ3) is 4.74. The van der Waals surface area contributed by atoms with Crippen molar-refractivity contribution in [2.45, 2.75) is 19.4 Å². The molecule has 0 saturated heterocycles. The summed E-state index contributed by atoms with van der Waals surface area (Å²) in [6.45, 7) is 4.67. The zero-order valence-corrected chi connectivity index (χ0v) is 12.9. The molecule has 0 aliphatic rings. The molecular weight excluding hydrogens is 256 g/mol. The average molecular weight is 280 g/mol. The standard InChI is InChI=1S/C15H24N2O3/c1-15(2,17(3)4)11-16-14(18)10-20-13-9-7-6-8-12(13)19-5/h6-9H,10-11H2,1-5H3,(H,16,18). The Morgan fingerprint density at radius 2 is 1.85 bits per heavy atom. The van der Waals surface area contributed by atoms with Crippen LogP contribution < -0.4 is 14.8 Å². The van der Waals surface area contributed by atoms with E-state index in [1.165, 1.54) is 0 Å². The largest absolute Gasteiger partial charge is 0.493 e. The van der Waals surface area contributed by atoms with E-state index < -0.39 is 0 Å². The molecule has 0 saturated carbocycles. The summed E-state index contributed by atoms with van der Waals surface area (Å²) in [6.07, 6.45) is 0. The Hall–Kier alpha value is -1.75. The van der Waals surface area contributed by atoms with Gasteiger partial charge >= 0.3 is 0 Å². The second-order valence-corrected chi connectivity index (χ2v) is 5.42. The highest BCUT2D eigenvalue weighted by molar-refractivity contribution is 5.77. The third-order valence-electron chi connectivity index (χ3n) is 3.36. The number of likely N-dealkylation sites (N-methyl/N-ethyl adjacent to an activating group) is 1. The van der Waals surface area contributed by atoms with Crippen LogP contribution in [0.25, 0.3) is 0 Å². The molecule has 0 aromatic heterocycles. The van der Waals surface area contributed by atoms with Crippen LogP contribution in [0.5, 0.6) is 11.5 Å². The average Bonchev–Trinajstić information content (AvgIpc) is 2.43. The van der Waals surface area contributed by atoms with Crippen molar-refractivity contribution in [3.8, 4) is 11.5 Å². The van der Waals surface area contributed by atoms with E-state index in [-0.39, 0.29) is 18.1 Å². The van der Waals surface area contributed by atoms with E-state index in [0.29, 0.717) is 18.0 Å². The van der Waals surface area contributed by atoms with Crippen LogP contribution in [0.3, 0.4) is 0 Å². The summed E-state index contributed by atoms with van der Waals surface area (Å²) in [5.41, 5.74) is -0.0971. The van der Waals surface area contributed by atoms with Gasteiger partial charge in [0.15, 0.2) is 18.1 Å². The molecule has 0 radical (unpaired) electrons. The Bertz CT molecular complexity index is 444. The first-order valence-electron chi connectivity index (χ1n) is 6.57. The van der Waals surface area contributed by atoms with Crippen LogP contribution in [0.4, 0.5) is 0 Å². The van der Waals surface area contributed by atoms with E-state index in [0.717, 1.165) is 0 Å². The van der Waals surface area contributed by atoms with Crippen LogP contribution in [0, 0.1) is 0 Å². The fourth-order valence-corrected chi connectivity index (χ4v) is 1.41. The number of hydrogen-bond donors (Lipinski definition) is 1. The van der Waals surface area contributed by atoms with Gasteiger partial charge < -0.3 is 19.7 Å². The van der Waals surface area contributed by atoms with Gasteiger partial charge in [0.05, 0.1) is 7.11 Å². The zero-order chi connectivity index (χ0) is 15.2. The van der Waals surface area contributed by atoms with Crippen molar-refractivity contribution in [1.29, 1.82) is 0 Å². The van der Waals surface area contributed by atoms with E-state index in [2.05, 4.69) is 24.1 Å². The van der Waals surface area contributed by atoms with Gasteiger partial charge in [-0.05, 0) is 40.1 Å². The van der Waals surface area contributed by atoms with Crippen LogP contribution in [-0.2, 0) is 4.79 Å².